The second kappa shape index (κ2) is 7.57. The molecule has 2 rings (SSSR count). The van der Waals surface area contributed by atoms with E-state index in [0.717, 1.165) is 18.8 Å². The third-order valence-corrected chi connectivity index (χ3v) is 3.28. The van der Waals surface area contributed by atoms with Crippen molar-refractivity contribution in [3.05, 3.63) is 11.9 Å². The standard InChI is InChI=1S/C13H24N4O2/c1-3-18-13(19-4-2)12-11-17(15-14-12)10-9-16-7-5-6-8-16/h11,13H,3-10H2,1-2H3. The highest BCUT2D eigenvalue weighted by molar-refractivity contribution is 4.94. The van der Waals surface area contributed by atoms with Crippen LogP contribution in [0.5, 0.6) is 0 Å². The van der Waals surface area contributed by atoms with Crippen molar-refractivity contribution >= 4 is 0 Å². The molecule has 1 aliphatic rings. The molecule has 0 bridgehead atoms. The molecule has 0 spiro atoms. The van der Waals surface area contributed by atoms with Gasteiger partial charge in [-0.25, -0.2) is 0 Å². The Morgan fingerprint density at radius 1 is 1.16 bits per heavy atom. The quantitative estimate of drug-likeness (QED) is 0.668. The number of nitrogens with zero attached hydrogens (tertiary/aromatic N) is 4. The Labute approximate surface area is 114 Å². The van der Waals surface area contributed by atoms with Gasteiger partial charge in [-0.3, -0.25) is 4.68 Å². The molecule has 108 valence electrons. The summed E-state index contributed by atoms with van der Waals surface area (Å²) < 4.78 is 12.9. The molecule has 1 aromatic rings. The van der Waals surface area contributed by atoms with Crippen molar-refractivity contribution in [1.29, 1.82) is 0 Å². The van der Waals surface area contributed by atoms with Gasteiger partial charge in [0.2, 0.25) is 6.29 Å². The molecule has 0 atom stereocenters. The van der Waals surface area contributed by atoms with Gasteiger partial charge in [0.25, 0.3) is 0 Å². The second-order valence-electron chi connectivity index (χ2n) is 4.70. The van der Waals surface area contributed by atoms with Crippen LogP contribution in [0.2, 0.25) is 0 Å². The summed E-state index contributed by atoms with van der Waals surface area (Å²) in [5.41, 5.74) is 0.755. The van der Waals surface area contributed by atoms with Crippen molar-refractivity contribution in [2.24, 2.45) is 0 Å². The van der Waals surface area contributed by atoms with Gasteiger partial charge in [0.15, 0.2) is 0 Å². The van der Waals surface area contributed by atoms with Gasteiger partial charge in [0, 0.05) is 19.8 Å². The van der Waals surface area contributed by atoms with Gasteiger partial charge in [0.1, 0.15) is 5.69 Å². The van der Waals surface area contributed by atoms with Crippen LogP contribution in [0.25, 0.3) is 0 Å². The number of rotatable bonds is 8. The Morgan fingerprint density at radius 3 is 2.47 bits per heavy atom. The van der Waals surface area contributed by atoms with Crippen LogP contribution >= 0.6 is 0 Å². The van der Waals surface area contributed by atoms with E-state index in [1.54, 1.807) is 0 Å². The summed E-state index contributed by atoms with van der Waals surface area (Å²) in [5.74, 6) is 0. The molecule has 19 heavy (non-hydrogen) atoms. The molecule has 1 fully saturated rings. The van der Waals surface area contributed by atoms with Crippen molar-refractivity contribution in [3.63, 3.8) is 0 Å². The summed E-state index contributed by atoms with van der Waals surface area (Å²) in [6.45, 7) is 9.43. The zero-order valence-corrected chi connectivity index (χ0v) is 11.9. The van der Waals surface area contributed by atoms with Crippen molar-refractivity contribution in [2.75, 3.05) is 32.8 Å². The summed E-state index contributed by atoms with van der Waals surface area (Å²) in [7, 11) is 0. The minimum Gasteiger partial charge on any atom is -0.347 e. The first-order valence-electron chi connectivity index (χ1n) is 7.19. The molecule has 1 aliphatic heterocycles. The third-order valence-electron chi connectivity index (χ3n) is 3.28. The van der Waals surface area contributed by atoms with Gasteiger partial charge in [-0.15, -0.1) is 5.10 Å². The molecule has 0 saturated carbocycles. The summed E-state index contributed by atoms with van der Waals surface area (Å²) in [4.78, 5) is 2.46. The van der Waals surface area contributed by atoms with Crippen molar-refractivity contribution in [2.45, 2.75) is 39.5 Å². The Balaban J connectivity index is 1.85. The van der Waals surface area contributed by atoms with E-state index in [-0.39, 0.29) is 0 Å². The third kappa shape index (κ3) is 4.26. The fraction of sp³-hybridized carbons (Fsp3) is 0.846. The van der Waals surface area contributed by atoms with E-state index in [4.69, 9.17) is 9.47 Å². The highest BCUT2D eigenvalue weighted by Crippen LogP contribution is 2.15. The highest BCUT2D eigenvalue weighted by Gasteiger charge is 2.16. The number of likely N-dealkylation sites (tertiary alicyclic amines) is 1. The molecule has 6 nitrogen and oxygen atoms in total. The maximum Gasteiger partial charge on any atom is 0.204 e. The zero-order chi connectivity index (χ0) is 13.5. The maximum absolute atomic E-state index is 5.51. The summed E-state index contributed by atoms with van der Waals surface area (Å²) in [6, 6.07) is 0. The average molecular weight is 268 g/mol. The molecule has 0 amide bonds. The predicted octanol–water partition coefficient (Wildman–Crippen LogP) is 1.45. The molecule has 2 heterocycles. The summed E-state index contributed by atoms with van der Waals surface area (Å²) in [5, 5.41) is 8.29. The number of hydrogen-bond acceptors (Lipinski definition) is 5. The monoisotopic (exact) mass is 268 g/mol. The van der Waals surface area contributed by atoms with Crippen LogP contribution in [0, 0.1) is 0 Å². The molecular formula is C13H24N4O2. The number of ether oxygens (including phenoxy) is 2. The minimum absolute atomic E-state index is 0.393. The molecule has 0 aliphatic carbocycles. The molecular weight excluding hydrogens is 244 g/mol. The van der Waals surface area contributed by atoms with Crippen LogP contribution in [0.4, 0.5) is 0 Å². The summed E-state index contributed by atoms with van der Waals surface area (Å²) in [6.07, 6.45) is 4.17. The van der Waals surface area contributed by atoms with Gasteiger partial charge >= 0.3 is 0 Å². The second-order valence-corrected chi connectivity index (χ2v) is 4.70. The molecule has 6 heteroatoms. The number of aromatic nitrogens is 3. The first-order chi connectivity index (χ1) is 9.33. The lowest BCUT2D eigenvalue weighted by Crippen LogP contribution is -2.24. The Hall–Kier alpha value is -0.980. The minimum atomic E-state index is -0.393. The fourth-order valence-corrected chi connectivity index (χ4v) is 2.30. The van der Waals surface area contributed by atoms with Gasteiger partial charge in [-0.2, -0.15) is 0 Å². The smallest absolute Gasteiger partial charge is 0.204 e. The molecule has 0 radical (unpaired) electrons. The summed E-state index contributed by atoms with van der Waals surface area (Å²) >= 11 is 0. The Morgan fingerprint density at radius 2 is 1.84 bits per heavy atom. The van der Waals surface area contributed by atoms with E-state index in [0.29, 0.717) is 13.2 Å². The van der Waals surface area contributed by atoms with Gasteiger partial charge < -0.3 is 14.4 Å². The fourth-order valence-electron chi connectivity index (χ4n) is 2.30. The van der Waals surface area contributed by atoms with Crippen molar-refractivity contribution < 1.29 is 9.47 Å². The molecule has 1 aromatic heterocycles. The normalized spacial score (nSPS) is 16.6. The van der Waals surface area contributed by atoms with E-state index in [2.05, 4.69) is 15.2 Å². The molecule has 0 unspecified atom stereocenters. The van der Waals surface area contributed by atoms with Crippen LogP contribution in [0.3, 0.4) is 0 Å². The number of hydrogen-bond donors (Lipinski definition) is 0. The lowest BCUT2D eigenvalue weighted by atomic mass is 10.4. The van der Waals surface area contributed by atoms with E-state index in [1.807, 2.05) is 24.7 Å². The highest BCUT2D eigenvalue weighted by atomic mass is 16.7. The Kier molecular flexibility index (Phi) is 5.75. The Bertz CT molecular complexity index is 357. The van der Waals surface area contributed by atoms with Crippen LogP contribution in [0.1, 0.15) is 38.7 Å². The van der Waals surface area contributed by atoms with Gasteiger partial charge in [-0.05, 0) is 39.8 Å². The van der Waals surface area contributed by atoms with Crippen LogP contribution in [-0.4, -0.2) is 52.7 Å². The zero-order valence-electron chi connectivity index (χ0n) is 11.9. The van der Waals surface area contributed by atoms with E-state index >= 15 is 0 Å². The average Bonchev–Trinajstić information content (AvgIpc) is 3.07. The predicted molar refractivity (Wildman–Crippen MR) is 71.7 cm³/mol. The first kappa shape index (κ1) is 14.4. The SMILES string of the molecule is CCOC(OCC)c1cn(CCN2CCCC2)nn1. The lowest BCUT2D eigenvalue weighted by Gasteiger charge is -2.14. The molecule has 0 aromatic carbocycles. The largest absolute Gasteiger partial charge is 0.347 e. The first-order valence-corrected chi connectivity index (χ1v) is 7.19. The maximum atomic E-state index is 5.51. The van der Waals surface area contributed by atoms with E-state index < -0.39 is 6.29 Å². The van der Waals surface area contributed by atoms with Gasteiger partial charge in [0.05, 0.1) is 12.7 Å². The van der Waals surface area contributed by atoms with Crippen molar-refractivity contribution in [1.82, 2.24) is 19.9 Å². The lowest BCUT2D eigenvalue weighted by molar-refractivity contribution is -0.142. The topological polar surface area (TPSA) is 52.4 Å². The van der Waals surface area contributed by atoms with Gasteiger partial charge in [-0.1, -0.05) is 5.21 Å². The van der Waals surface area contributed by atoms with Crippen LogP contribution in [0.15, 0.2) is 6.20 Å². The molecule has 0 N–H and O–H groups in total. The van der Waals surface area contributed by atoms with E-state index in [1.165, 1.54) is 25.9 Å². The molecule has 1 saturated heterocycles. The van der Waals surface area contributed by atoms with Crippen LogP contribution in [-0.2, 0) is 16.0 Å². The van der Waals surface area contributed by atoms with E-state index in [9.17, 15) is 0 Å². The van der Waals surface area contributed by atoms with Crippen molar-refractivity contribution in [3.8, 4) is 0 Å². The van der Waals surface area contributed by atoms with Crippen LogP contribution < -0.4 is 0 Å².